The van der Waals surface area contributed by atoms with Crippen LogP contribution in [-0.4, -0.2) is 71.8 Å². The van der Waals surface area contributed by atoms with Crippen LogP contribution in [0.15, 0.2) is 23.0 Å². The third-order valence-electron chi connectivity index (χ3n) is 5.37. The Kier molecular flexibility index (Phi) is 5.23. The number of rotatable bonds is 3. The van der Waals surface area contributed by atoms with Crippen LogP contribution in [0.2, 0.25) is 0 Å². The molecule has 0 N–H and O–H groups in total. The molecule has 2 aliphatic rings. The summed E-state index contributed by atoms with van der Waals surface area (Å²) in [6.45, 7) is 8.78. The third kappa shape index (κ3) is 3.64. The smallest absolute Gasteiger partial charge is 0.257 e. The molecule has 0 aromatic carbocycles. The SMILES string of the molecule is CC1CCN(C(=O)C(C)N2CCN(C(=O)c3ccoc3)CC2)CC1. The zero-order chi connectivity index (χ0) is 17.1. The molecule has 3 rings (SSSR count). The average molecular weight is 333 g/mol. The van der Waals surface area contributed by atoms with Gasteiger partial charge in [-0.05, 0) is 31.7 Å². The minimum atomic E-state index is -0.107. The molecule has 6 heteroatoms. The largest absolute Gasteiger partial charge is 0.472 e. The quantitative estimate of drug-likeness (QED) is 0.844. The van der Waals surface area contributed by atoms with Gasteiger partial charge in [0.15, 0.2) is 0 Å². The number of furan rings is 1. The number of hydrogen-bond donors (Lipinski definition) is 0. The summed E-state index contributed by atoms with van der Waals surface area (Å²) in [5.41, 5.74) is 0.593. The van der Waals surface area contributed by atoms with E-state index < -0.39 is 0 Å². The van der Waals surface area contributed by atoms with Gasteiger partial charge in [-0.2, -0.15) is 0 Å². The van der Waals surface area contributed by atoms with E-state index >= 15 is 0 Å². The highest BCUT2D eigenvalue weighted by atomic mass is 16.3. The molecule has 132 valence electrons. The van der Waals surface area contributed by atoms with E-state index in [4.69, 9.17) is 4.42 Å². The van der Waals surface area contributed by atoms with Crippen LogP contribution >= 0.6 is 0 Å². The molecule has 2 amide bonds. The predicted molar refractivity (Wildman–Crippen MR) is 90.6 cm³/mol. The molecule has 6 nitrogen and oxygen atoms in total. The zero-order valence-electron chi connectivity index (χ0n) is 14.6. The van der Waals surface area contributed by atoms with Gasteiger partial charge in [0.25, 0.3) is 5.91 Å². The standard InChI is InChI=1S/C18H27N3O3/c1-14-3-6-20(7-4-14)17(22)15(2)19-8-10-21(11-9-19)18(23)16-5-12-24-13-16/h5,12-15H,3-4,6-11H2,1-2H3. The van der Waals surface area contributed by atoms with Crippen LogP contribution in [-0.2, 0) is 4.79 Å². The Morgan fingerprint density at radius 2 is 1.75 bits per heavy atom. The summed E-state index contributed by atoms with van der Waals surface area (Å²) in [5.74, 6) is 0.964. The number of likely N-dealkylation sites (tertiary alicyclic amines) is 1. The molecule has 24 heavy (non-hydrogen) atoms. The molecule has 0 radical (unpaired) electrons. The van der Waals surface area contributed by atoms with Crippen molar-refractivity contribution in [2.75, 3.05) is 39.3 Å². The van der Waals surface area contributed by atoms with Crippen molar-refractivity contribution < 1.29 is 14.0 Å². The summed E-state index contributed by atoms with van der Waals surface area (Å²) >= 11 is 0. The molecule has 0 spiro atoms. The van der Waals surface area contributed by atoms with Gasteiger partial charge in [-0.1, -0.05) is 6.92 Å². The second-order valence-electron chi connectivity index (χ2n) is 7.02. The number of carbonyl (C=O) groups excluding carboxylic acids is 2. The first-order valence-electron chi connectivity index (χ1n) is 8.90. The number of amides is 2. The van der Waals surface area contributed by atoms with Crippen molar-refractivity contribution in [3.05, 3.63) is 24.2 Å². The summed E-state index contributed by atoms with van der Waals surface area (Å²) in [7, 11) is 0. The molecule has 2 aliphatic heterocycles. The van der Waals surface area contributed by atoms with E-state index in [1.165, 1.54) is 12.5 Å². The summed E-state index contributed by atoms with van der Waals surface area (Å²) < 4.78 is 4.98. The highest BCUT2D eigenvalue weighted by molar-refractivity contribution is 5.93. The second-order valence-corrected chi connectivity index (χ2v) is 7.02. The second kappa shape index (κ2) is 7.38. The molecule has 1 aromatic rings. The van der Waals surface area contributed by atoms with Crippen molar-refractivity contribution in [1.29, 1.82) is 0 Å². The van der Waals surface area contributed by atoms with Crippen molar-refractivity contribution in [3.63, 3.8) is 0 Å². The lowest BCUT2D eigenvalue weighted by Gasteiger charge is -2.40. The molecule has 2 fully saturated rings. The predicted octanol–water partition coefficient (Wildman–Crippen LogP) is 1.68. The maximum absolute atomic E-state index is 12.7. The van der Waals surface area contributed by atoms with Crippen molar-refractivity contribution in [3.8, 4) is 0 Å². The van der Waals surface area contributed by atoms with Crippen molar-refractivity contribution >= 4 is 11.8 Å². The monoisotopic (exact) mass is 333 g/mol. The third-order valence-corrected chi connectivity index (χ3v) is 5.37. The lowest BCUT2D eigenvalue weighted by molar-refractivity contribution is -0.138. The van der Waals surface area contributed by atoms with Crippen molar-refractivity contribution in [1.82, 2.24) is 14.7 Å². The summed E-state index contributed by atoms with van der Waals surface area (Å²) in [5, 5.41) is 0. The van der Waals surface area contributed by atoms with Crippen molar-refractivity contribution in [2.45, 2.75) is 32.7 Å². The number of nitrogens with zero attached hydrogens (tertiary/aromatic N) is 3. The maximum Gasteiger partial charge on any atom is 0.257 e. The fourth-order valence-corrected chi connectivity index (χ4v) is 3.53. The fourth-order valence-electron chi connectivity index (χ4n) is 3.53. The van der Waals surface area contributed by atoms with Crippen LogP contribution in [0.1, 0.15) is 37.0 Å². The van der Waals surface area contributed by atoms with E-state index in [1.807, 2.05) is 16.7 Å². The molecule has 0 bridgehead atoms. The van der Waals surface area contributed by atoms with Crippen LogP contribution in [0, 0.1) is 5.92 Å². The van der Waals surface area contributed by atoms with Gasteiger partial charge in [0.2, 0.25) is 5.91 Å². The average Bonchev–Trinajstić information content (AvgIpc) is 3.15. The lowest BCUT2D eigenvalue weighted by Crippen LogP contribution is -2.56. The molecule has 1 unspecified atom stereocenters. The minimum Gasteiger partial charge on any atom is -0.472 e. The Hall–Kier alpha value is -1.82. The topological polar surface area (TPSA) is 57.0 Å². The van der Waals surface area contributed by atoms with E-state index in [-0.39, 0.29) is 17.9 Å². The summed E-state index contributed by atoms with van der Waals surface area (Å²) in [6, 6.07) is 1.59. The van der Waals surface area contributed by atoms with Crippen LogP contribution in [0.4, 0.5) is 0 Å². The minimum absolute atomic E-state index is 0.00685. The summed E-state index contributed by atoms with van der Waals surface area (Å²) in [4.78, 5) is 31.1. The maximum atomic E-state index is 12.7. The van der Waals surface area contributed by atoms with Gasteiger partial charge in [0.05, 0.1) is 17.9 Å². The summed E-state index contributed by atoms with van der Waals surface area (Å²) in [6.07, 6.45) is 5.21. The number of piperazine rings is 1. The van der Waals surface area contributed by atoms with E-state index in [1.54, 1.807) is 6.07 Å². The Bertz CT molecular complexity index is 556. The normalized spacial score (nSPS) is 21.8. The van der Waals surface area contributed by atoms with Gasteiger partial charge < -0.3 is 14.2 Å². The fraction of sp³-hybridized carbons (Fsp3) is 0.667. The number of piperidine rings is 1. The molecule has 0 saturated carbocycles. The molecule has 1 aromatic heterocycles. The Morgan fingerprint density at radius 1 is 1.08 bits per heavy atom. The van der Waals surface area contributed by atoms with Crippen LogP contribution in [0.5, 0.6) is 0 Å². The van der Waals surface area contributed by atoms with Gasteiger partial charge in [-0.15, -0.1) is 0 Å². The van der Waals surface area contributed by atoms with E-state index in [2.05, 4.69) is 11.8 Å². The van der Waals surface area contributed by atoms with Crippen LogP contribution in [0.3, 0.4) is 0 Å². The van der Waals surface area contributed by atoms with Crippen LogP contribution < -0.4 is 0 Å². The Balaban J connectivity index is 1.50. The van der Waals surface area contributed by atoms with Gasteiger partial charge in [-0.25, -0.2) is 0 Å². The molecule has 2 saturated heterocycles. The highest BCUT2D eigenvalue weighted by Gasteiger charge is 2.31. The van der Waals surface area contributed by atoms with Gasteiger partial charge in [0.1, 0.15) is 6.26 Å². The number of carbonyl (C=O) groups is 2. The molecule has 0 aliphatic carbocycles. The van der Waals surface area contributed by atoms with Gasteiger partial charge >= 0.3 is 0 Å². The first-order valence-corrected chi connectivity index (χ1v) is 8.90. The molecule has 1 atom stereocenters. The molecule has 3 heterocycles. The zero-order valence-corrected chi connectivity index (χ0v) is 14.6. The van der Waals surface area contributed by atoms with E-state index in [0.717, 1.165) is 44.9 Å². The number of hydrogen-bond acceptors (Lipinski definition) is 4. The molecular formula is C18H27N3O3. The first-order chi connectivity index (χ1) is 11.6. The van der Waals surface area contributed by atoms with Gasteiger partial charge in [0, 0.05) is 39.3 Å². The Labute approximate surface area is 143 Å². The highest BCUT2D eigenvalue weighted by Crippen LogP contribution is 2.18. The Morgan fingerprint density at radius 3 is 2.33 bits per heavy atom. The van der Waals surface area contributed by atoms with Crippen LogP contribution in [0.25, 0.3) is 0 Å². The first kappa shape index (κ1) is 17.0. The van der Waals surface area contributed by atoms with E-state index in [0.29, 0.717) is 18.7 Å². The van der Waals surface area contributed by atoms with Gasteiger partial charge in [-0.3, -0.25) is 14.5 Å². The molecular weight excluding hydrogens is 306 g/mol. The van der Waals surface area contributed by atoms with Crippen molar-refractivity contribution in [2.24, 2.45) is 5.92 Å². The van der Waals surface area contributed by atoms with E-state index in [9.17, 15) is 9.59 Å². The lowest BCUT2D eigenvalue weighted by atomic mass is 9.98.